The molecule has 0 bridgehead atoms. The number of alkyl halides is 3. The third kappa shape index (κ3) is 14.4. The lowest BCUT2D eigenvalue weighted by Crippen LogP contribution is -2.60. The van der Waals surface area contributed by atoms with Gasteiger partial charge in [0.05, 0.1) is 24.5 Å². The number of carbonyl (C=O) groups is 6. The molecule has 0 radical (unpaired) electrons. The molecule has 5 aromatic rings. The van der Waals surface area contributed by atoms with Gasteiger partial charge >= 0.3 is 12.2 Å². The molecule has 346 valence electrons. The van der Waals surface area contributed by atoms with Crippen LogP contribution in [-0.2, 0) is 56.0 Å². The van der Waals surface area contributed by atoms with E-state index in [0.29, 0.717) is 36.2 Å². The van der Waals surface area contributed by atoms with E-state index in [9.17, 15) is 41.9 Å². The Bertz CT molecular complexity index is 2380. The number of rotatable bonds is 21. The first kappa shape index (κ1) is 48.8. The van der Waals surface area contributed by atoms with Crippen LogP contribution in [0.15, 0.2) is 97.6 Å². The van der Waals surface area contributed by atoms with Crippen molar-refractivity contribution < 1.29 is 41.9 Å². The highest BCUT2D eigenvalue weighted by atomic mass is 19.4. The van der Waals surface area contributed by atoms with E-state index < -0.39 is 84.1 Å². The van der Waals surface area contributed by atoms with Crippen LogP contribution in [0, 0.1) is 0 Å². The number of H-pyrrole nitrogens is 2. The molecule has 0 saturated heterocycles. The molecule has 2 heterocycles. The van der Waals surface area contributed by atoms with Gasteiger partial charge in [-0.1, -0.05) is 60.7 Å². The number of nitrogens with two attached hydrogens (primary N) is 3. The Kier molecular flexibility index (Phi) is 17.2. The maximum absolute atomic E-state index is 14.2. The number of urea groups is 1. The van der Waals surface area contributed by atoms with Crippen LogP contribution in [-0.4, -0.2) is 92.3 Å². The Balaban J connectivity index is 1.37. The van der Waals surface area contributed by atoms with E-state index in [1.54, 1.807) is 36.5 Å². The van der Waals surface area contributed by atoms with Gasteiger partial charge in [0, 0.05) is 48.3 Å². The maximum Gasteiger partial charge on any atom is 0.416 e. The van der Waals surface area contributed by atoms with E-state index in [2.05, 4.69) is 41.6 Å². The quantitative estimate of drug-likeness (QED) is 0.0380. The molecular weight excluding hydrogens is 850 g/mol. The number of amides is 7. The van der Waals surface area contributed by atoms with E-state index in [4.69, 9.17) is 17.2 Å². The zero-order valence-electron chi connectivity index (χ0n) is 35.5. The van der Waals surface area contributed by atoms with Gasteiger partial charge in [0.25, 0.3) is 5.91 Å². The summed E-state index contributed by atoms with van der Waals surface area (Å²) in [5.74, 6) is -4.00. The summed E-state index contributed by atoms with van der Waals surface area (Å²) in [6.07, 6.45) is 1.15. The lowest BCUT2D eigenvalue weighted by molar-refractivity contribution is -0.137. The second kappa shape index (κ2) is 22.9. The van der Waals surface area contributed by atoms with Crippen LogP contribution >= 0.6 is 0 Å². The molecule has 3 aromatic carbocycles. The fourth-order valence-electron chi connectivity index (χ4n) is 6.82. The van der Waals surface area contributed by atoms with Crippen LogP contribution in [0.1, 0.15) is 54.1 Å². The van der Waals surface area contributed by atoms with Crippen LogP contribution in [0.25, 0.3) is 10.9 Å². The van der Waals surface area contributed by atoms with E-state index >= 15 is 0 Å². The van der Waals surface area contributed by atoms with Crippen molar-refractivity contribution in [3.63, 3.8) is 0 Å². The predicted molar refractivity (Wildman–Crippen MR) is 233 cm³/mol. The number of hydrogen-bond donors (Lipinski definition) is 10. The van der Waals surface area contributed by atoms with Gasteiger partial charge in [-0.15, -0.1) is 0 Å². The highest BCUT2D eigenvalue weighted by molar-refractivity contribution is 5.95. The summed E-state index contributed by atoms with van der Waals surface area (Å²) in [4.78, 5) is 91.4. The molecule has 0 aliphatic rings. The number of aromatic amines is 2. The molecule has 2 aromatic heterocycles. The van der Waals surface area contributed by atoms with Gasteiger partial charge in [0.2, 0.25) is 23.6 Å². The van der Waals surface area contributed by atoms with Crippen molar-refractivity contribution in [3.05, 3.63) is 126 Å². The van der Waals surface area contributed by atoms with Crippen LogP contribution < -0.4 is 43.9 Å². The van der Waals surface area contributed by atoms with Crippen molar-refractivity contribution in [1.82, 2.24) is 46.7 Å². The maximum atomic E-state index is 14.2. The smallest absolute Gasteiger partial charge is 0.368 e. The van der Waals surface area contributed by atoms with E-state index in [1.165, 1.54) is 19.4 Å². The van der Waals surface area contributed by atoms with E-state index in [1.807, 2.05) is 24.3 Å². The number of hydrazine groups is 1. The summed E-state index contributed by atoms with van der Waals surface area (Å²) >= 11 is 0. The Morgan fingerprint density at radius 1 is 0.738 bits per heavy atom. The summed E-state index contributed by atoms with van der Waals surface area (Å²) in [6.45, 7) is 1.15. The summed E-state index contributed by atoms with van der Waals surface area (Å²) in [5, 5.41) is 11.9. The summed E-state index contributed by atoms with van der Waals surface area (Å²) in [5.41, 5.74) is 21.6. The van der Waals surface area contributed by atoms with Gasteiger partial charge in [-0.25, -0.2) is 14.8 Å². The van der Waals surface area contributed by atoms with Gasteiger partial charge in [0.15, 0.2) is 0 Å². The Labute approximate surface area is 372 Å². The topological polar surface area (TPSA) is 288 Å². The van der Waals surface area contributed by atoms with E-state index in [0.717, 1.165) is 40.2 Å². The molecule has 0 aliphatic carbocycles. The second-order valence-electron chi connectivity index (χ2n) is 15.4. The number of nitrogens with zero attached hydrogens (tertiary/aromatic N) is 2. The van der Waals surface area contributed by atoms with Crippen molar-refractivity contribution in [2.75, 3.05) is 6.54 Å². The minimum absolute atomic E-state index is 0.0242. The number of halogens is 3. The summed E-state index contributed by atoms with van der Waals surface area (Å²) < 4.78 is 40.3. The molecule has 0 spiro atoms. The number of unbranched alkanes of at least 4 members (excludes halogenated alkanes) is 1. The number of carbonyl (C=O) groups excluding carboxylic acids is 6. The Hall–Kier alpha value is -7.26. The van der Waals surface area contributed by atoms with Crippen molar-refractivity contribution >= 4 is 46.5 Å². The van der Waals surface area contributed by atoms with Crippen LogP contribution in [0.2, 0.25) is 0 Å². The van der Waals surface area contributed by atoms with Crippen molar-refractivity contribution in [2.45, 2.75) is 88.4 Å². The second-order valence-corrected chi connectivity index (χ2v) is 15.4. The zero-order chi connectivity index (χ0) is 47.1. The number of para-hydroxylation sites is 1. The highest BCUT2D eigenvalue weighted by Crippen LogP contribution is 2.29. The van der Waals surface area contributed by atoms with Gasteiger partial charge in [-0.2, -0.15) is 13.2 Å². The third-order valence-corrected chi connectivity index (χ3v) is 10.4. The Morgan fingerprint density at radius 2 is 1.40 bits per heavy atom. The number of aromatic nitrogens is 3. The minimum Gasteiger partial charge on any atom is -0.368 e. The third-order valence-electron chi connectivity index (χ3n) is 10.4. The number of fused-ring (bicyclic) bond motifs is 1. The highest BCUT2D eigenvalue weighted by Gasteiger charge is 2.33. The largest absolute Gasteiger partial charge is 0.416 e. The minimum atomic E-state index is -4.65. The first-order valence-electron chi connectivity index (χ1n) is 20.8. The number of hydrogen-bond acceptors (Lipinski definition) is 9. The Morgan fingerprint density at radius 3 is 2.06 bits per heavy atom. The average Bonchev–Trinajstić information content (AvgIpc) is 3.95. The normalized spacial score (nSPS) is 13.7. The molecule has 0 fully saturated rings. The SMILES string of the molecule is C[C@H](NC(=O)[C@@H](Cc1c[nH]c2ccccc12)NC(=O)[C@@H](N)Cc1cnc[nH]1)C(=O)NN(Cc1ccc(C(F)(F)F)cc1)C(=O)N[C@H](Cc1ccccc1)C(=O)N[C@@H](CCCCN)C(N)=O. The number of primary amides is 1. The molecule has 21 heteroatoms. The number of imidazole rings is 1. The van der Waals surface area contributed by atoms with Crippen molar-refractivity contribution in [1.29, 1.82) is 0 Å². The van der Waals surface area contributed by atoms with E-state index in [-0.39, 0.29) is 31.2 Å². The number of nitrogens with one attached hydrogen (secondary N) is 7. The lowest BCUT2D eigenvalue weighted by atomic mass is 10.0. The summed E-state index contributed by atoms with van der Waals surface area (Å²) in [7, 11) is 0. The average molecular weight is 903 g/mol. The molecule has 18 nitrogen and oxygen atoms in total. The van der Waals surface area contributed by atoms with Crippen LogP contribution in [0.3, 0.4) is 0 Å². The summed E-state index contributed by atoms with van der Waals surface area (Å²) in [6, 6.07) is 12.5. The molecule has 7 amide bonds. The fourth-order valence-corrected chi connectivity index (χ4v) is 6.82. The molecule has 0 saturated carbocycles. The van der Waals surface area contributed by atoms with Crippen LogP contribution in [0.5, 0.6) is 0 Å². The molecule has 13 N–H and O–H groups in total. The predicted octanol–water partition coefficient (Wildman–Crippen LogP) is 1.97. The van der Waals surface area contributed by atoms with Crippen molar-refractivity contribution in [2.24, 2.45) is 17.2 Å². The monoisotopic (exact) mass is 902 g/mol. The first-order chi connectivity index (χ1) is 31.0. The first-order valence-corrected chi connectivity index (χ1v) is 20.8. The molecule has 65 heavy (non-hydrogen) atoms. The molecule has 0 aliphatic heterocycles. The van der Waals surface area contributed by atoms with Gasteiger partial charge in [-0.3, -0.25) is 29.4 Å². The molecular formula is C44H53F3N12O6. The molecule has 0 unspecified atom stereocenters. The van der Waals surface area contributed by atoms with Gasteiger partial charge in [0.1, 0.15) is 24.2 Å². The lowest BCUT2D eigenvalue weighted by Gasteiger charge is -2.29. The standard InChI is InChI=1S/C44H53F3N12O6/c1-26(54-41(63)37(20-29-22-52-34-12-6-5-11-32(29)34)56-40(62)33(49)21-31-23-51-25-53-31)39(61)58-59(24-28-14-16-30(17-15-28)44(45,46)47)43(65)57-36(19-27-9-3-2-4-10-27)42(64)55-35(38(50)60)13-7-8-18-48/h2-6,9-12,14-17,22-23,25-26,33,35-37,52H,7-8,13,18-21,24,48-49H2,1H3,(H2,50,60)(H,51,53)(H,54,63)(H,55,64)(H,56,62)(H,57,65)(H,58,61)/t26-,33-,35-,36+,37+/m0/s1. The molecule has 5 rings (SSSR count). The molecule has 5 atom stereocenters. The van der Waals surface area contributed by atoms with Gasteiger partial charge in [-0.05, 0) is 67.6 Å². The van der Waals surface area contributed by atoms with Crippen molar-refractivity contribution in [3.8, 4) is 0 Å². The fraction of sp³-hybridized carbons (Fsp3) is 0.341. The van der Waals surface area contributed by atoms with Crippen LogP contribution in [0.4, 0.5) is 18.0 Å². The zero-order valence-corrected chi connectivity index (χ0v) is 35.5. The number of benzene rings is 3. The van der Waals surface area contributed by atoms with Gasteiger partial charge < -0.3 is 48.4 Å².